The third-order valence-corrected chi connectivity index (χ3v) is 8.05. The number of carbonyl (C=O) groups is 3. The maximum Gasteiger partial charge on any atom is 0.356 e. The van der Waals surface area contributed by atoms with E-state index < -0.39 is 23.5 Å². The Kier molecular flexibility index (Phi) is 8.36. The van der Waals surface area contributed by atoms with Crippen molar-refractivity contribution in [1.29, 1.82) is 0 Å². The molecule has 3 aromatic carbocycles. The molecule has 204 valence electrons. The molecule has 2 heterocycles. The molecule has 5 rings (SSSR count). The smallest absolute Gasteiger partial charge is 0.356 e. The SMILES string of the molecule is C=C(OCC)C1=C(C(=O)OC(c2ccccc2)c2ccccc2)N2C(=O)C(NC(=O)Cc3ccccc3)C2SC1. The number of hydrogen-bond acceptors (Lipinski definition) is 6. The average Bonchev–Trinajstić information content (AvgIpc) is 2.99. The highest BCUT2D eigenvalue weighted by atomic mass is 32.2. The summed E-state index contributed by atoms with van der Waals surface area (Å²) >= 11 is 1.45. The molecule has 8 heteroatoms. The van der Waals surface area contributed by atoms with Crippen LogP contribution in [0.5, 0.6) is 0 Å². The lowest BCUT2D eigenvalue weighted by Crippen LogP contribution is -2.70. The zero-order chi connectivity index (χ0) is 28.1. The van der Waals surface area contributed by atoms with Gasteiger partial charge in [-0.3, -0.25) is 14.5 Å². The summed E-state index contributed by atoms with van der Waals surface area (Å²) in [5.74, 6) is -0.578. The number of esters is 1. The van der Waals surface area contributed by atoms with Gasteiger partial charge in [-0.25, -0.2) is 4.79 Å². The van der Waals surface area contributed by atoms with Crippen LogP contribution in [0.3, 0.4) is 0 Å². The van der Waals surface area contributed by atoms with Crippen molar-refractivity contribution in [3.63, 3.8) is 0 Å². The standard InChI is InChI=1S/C32H30N2O5S/c1-3-38-21(2)25-20-40-31-27(33-26(35)19-22-13-7-4-8-14-22)30(36)34(31)28(25)32(37)39-29(23-15-9-5-10-16-23)24-17-11-6-12-18-24/h4-18,27,29,31H,2-3,19-20H2,1H3,(H,33,35). The molecule has 0 aromatic heterocycles. The van der Waals surface area contributed by atoms with Crippen molar-refractivity contribution in [3.8, 4) is 0 Å². The Morgan fingerprint density at radius 3 is 2.12 bits per heavy atom. The maximum atomic E-state index is 13.9. The molecular formula is C32H30N2O5S. The van der Waals surface area contributed by atoms with E-state index in [2.05, 4.69) is 11.9 Å². The van der Waals surface area contributed by atoms with Crippen molar-refractivity contribution >= 4 is 29.5 Å². The minimum Gasteiger partial charge on any atom is -0.494 e. The summed E-state index contributed by atoms with van der Waals surface area (Å²) in [4.78, 5) is 41.5. The molecule has 0 radical (unpaired) electrons. The molecule has 1 N–H and O–H groups in total. The van der Waals surface area contributed by atoms with E-state index in [1.54, 1.807) is 0 Å². The largest absolute Gasteiger partial charge is 0.494 e. The van der Waals surface area contributed by atoms with Crippen molar-refractivity contribution in [1.82, 2.24) is 10.2 Å². The molecule has 7 nitrogen and oxygen atoms in total. The minimum absolute atomic E-state index is 0.109. The number of ether oxygens (including phenoxy) is 2. The molecule has 1 saturated heterocycles. The Morgan fingerprint density at radius 1 is 0.975 bits per heavy atom. The first-order chi connectivity index (χ1) is 19.5. The molecule has 2 aliphatic heterocycles. The van der Waals surface area contributed by atoms with E-state index in [9.17, 15) is 14.4 Å². The number of thioether (sulfide) groups is 1. The number of benzene rings is 3. The predicted octanol–water partition coefficient (Wildman–Crippen LogP) is 4.77. The van der Waals surface area contributed by atoms with Crippen LogP contribution >= 0.6 is 11.8 Å². The highest BCUT2D eigenvalue weighted by Gasteiger charge is 2.55. The fraction of sp³-hybridized carbons (Fsp3) is 0.219. The van der Waals surface area contributed by atoms with E-state index in [0.29, 0.717) is 23.7 Å². The van der Waals surface area contributed by atoms with E-state index in [1.165, 1.54) is 16.7 Å². The van der Waals surface area contributed by atoms with Gasteiger partial charge in [0.05, 0.1) is 13.0 Å². The fourth-order valence-corrected chi connectivity index (χ4v) is 6.21. The highest BCUT2D eigenvalue weighted by Crippen LogP contribution is 2.43. The number of rotatable bonds is 10. The van der Waals surface area contributed by atoms with E-state index in [0.717, 1.165) is 16.7 Å². The first-order valence-electron chi connectivity index (χ1n) is 13.1. The molecule has 0 bridgehead atoms. The summed E-state index contributed by atoms with van der Waals surface area (Å²) in [5.41, 5.74) is 3.08. The Morgan fingerprint density at radius 2 is 1.55 bits per heavy atom. The molecule has 40 heavy (non-hydrogen) atoms. The second-order valence-corrected chi connectivity index (χ2v) is 10.5. The van der Waals surface area contributed by atoms with Crippen LogP contribution in [0.4, 0.5) is 0 Å². The lowest BCUT2D eigenvalue weighted by atomic mass is 10.00. The number of allylic oxidation sites excluding steroid dienone is 1. The zero-order valence-electron chi connectivity index (χ0n) is 22.1. The monoisotopic (exact) mass is 554 g/mol. The quantitative estimate of drug-likeness (QED) is 0.221. The molecule has 0 saturated carbocycles. The lowest BCUT2D eigenvalue weighted by Gasteiger charge is -2.49. The molecule has 2 aliphatic rings. The van der Waals surface area contributed by atoms with Crippen molar-refractivity contribution < 1.29 is 23.9 Å². The van der Waals surface area contributed by atoms with Gasteiger partial charge in [0.2, 0.25) is 5.91 Å². The molecule has 2 amide bonds. The van der Waals surface area contributed by atoms with Gasteiger partial charge in [0.15, 0.2) is 6.10 Å². The summed E-state index contributed by atoms with van der Waals surface area (Å²) in [6, 6.07) is 27.5. The van der Waals surface area contributed by atoms with Crippen molar-refractivity contribution in [2.45, 2.75) is 30.9 Å². The average molecular weight is 555 g/mol. The van der Waals surface area contributed by atoms with Gasteiger partial charge in [-0.2, -0.15) is 0 Å². The minimum atomic E-state index is -0.745. The summed E-state index contributed by atoms with van der Waals surface area (Å²) in [7, 11) is 0. The van der Waals surface area contributed by atoms with Gasteiger partial charge in [-0.1, -0.05) is 97.6 Å². The van der Waals surface area contributed by atoms with Gasteiger partial charge >= 0.3 is 5.97 Å². The number of β-lactam (4-membered cyclic amide) rings is 1. The third kappa shape index (κ3) is 5.67. The van der Waals surface area contributed by atoms with Crippen LogP contribution in [0.25, 0.3) is 0 Å². The lowest BCUT2D eigenvalue weighted by molar-refractivity contribution is -0.154. The predicted molar refractivity (Wildman–Crippen MR) is 154 cm³/mol. The molecule has 2 unspecified atom stereocenters. The van der Waals surface area contributed by atoms with Crippen LogP contribution in [-0.4, -0.2) is 46.5 Å². The van der Waals surface area contributed by atoms with Crippen molar-refractivity contribution in [3.05, 3.63) is 131 Å². The van der Waals surface area contributed by atoms with Gasteiger partial charge in [-0.05, 0) is 23.6 Å². The van der Waals surface area contributed by atoms with Gasteiger partial charge in [0, 0.05) is 11.3 Å². The maximum absolute atomic E-state index is 13.9. The molecule has 3 aromatic rings. The van der Waals surface area contributed by atoms with Gasteiger partial charge < -0.3 is 14.8 Å². The number of nitrogens with one attached hydrogen (secondary N) is 1. The Bertz CT molecular complexity index is 1390. The zero-order valence-corrected chi connectivity index (χ0v) is 22.9. The Labute approximate surface area is 237 Å². The molecular weight excluding hydrogens is 524 g/mol. The highest BCUT2D eigenvalue weighted by molar-refractivity contribution is 8.00. The normalized spacial score (nSPS) is 18.1. The number of hydrogen-bond donors (Lipinski definition) is 1. The topological polar surface area (TPSA) is 84.9 Å². The van der Waals surface area contributed by atoms with Crippen LogP contribution in [-0.2, 0) is 30.3 Å². The van der Waals surface area contributed by atoms with E-state index in [1.807, 2.05) is 97.9 Å². The number of nitrogens with zero attached hydrogens (tertiary/aromatic N) is 1. The van der Waals surface area contributed by atoms with Gasteiger partial charge in [0.1, 0.15) is 22.9 Å². The Hall–Kier alpha value is -4.30. The fourth-order valence-electron chi connectivity index (χ4n) is 4.84. The summed E-state index contributed by atoms with van der Waals surface area (Å²) in [5, 5.41) is 2.41. The Balaban J connectivity index is 1.41. The van der Waals surface area contributed by atoms with Crippen molar-refractivity contribution in [2.75, 3.05) is 12.4 Å². The first-order valence-corrected chi connectivity index (χ1v) is 14.2. The molecule has 0 spiro atoms. The van der Waals surface area contributed by atoms with Crippen LogP contribution in [0, 0.1) is 0 Å². The number of carbonyl (C=O) groups excluding carboxylic acids is 3. The number of fused-ring (bicyclic) bond motifs is 1. The second kappa shape index (κ2) is 12.3. The van der Waals surface area contributed by atoms with E-state index in [4.69, 9.17) is 9.47 Å². The summed E-state index contributed by atoms with van der Waals surface area (Å²) in [6.07, 6.45) is -0.524. The van der Waals surface area contributed by atoms with Crippen LogP contribution in [0.2, 0.25) is 0 Å². The van der Waals surface area contributed by atoms with Crippen LogP contribution < -0.4 is 5.32 Å². The van der Waals surface area contributed by atoms with Gasteiger partial charge in [0.25, 0.3) is 5.91 Å². The van der Waals surface area contributed by atoms with E-state index >= 15 is 0 Å². The summed E-state index contributed by atoms with van der Waals surface area (Å²) in [6.45, 7) is 6.20. The van der Waals surface area contributed by atoms with Gasteiger partial charge in [-0.15, -0.1) is 11.8 Å². The summed E-state index contributed by atoms with van der Waals surface area (Å²) < 4.78 is 11.8. The van der Waals surface area contributed by atoms with E-state index in [-0.39, 0.29) is 23.9 Å². The molecule has 1 fully saturated rings. The molecule has 2 atom stereocenters. The third-order valence-electron chi connectivity index (χ3n) is 6.77. The number of amides is 2. The second-order valence-electron chi connectivity index (χ2n) is 9.41. The van der Waals surface area contributed by atoms with Crippen LogP contribution in [0.15, 0.2) is 115 Å². The molecule has 0 aliphatic carbocycles. The first kappa shape index (κ1) is 27.3. The van der Waals surface area contributed by atoms with Crippen molar-refractivity contribution in [2.24, 2.45) is 0 Å². The van der Waals surface area contributed by atoms with Crippen LogP contribution in [0.1, 0.15) is 29.7 Å².